The lowest BCUT2D eigenvalue weighted by atomic mass is 9.93. The number of Topliss-reactive ketones (excluding diaryl/α,β-unsaturated/α-hetero) is 1. The molecule has 2 aliphatic heterocycles. The van der Waals surface area contributed by atoms with Crippen LogP contribution >= 0.6 is 0 Å². The lowest BCUT2D eigenvalue weighted by molar-refractivity contribution is -0.139. The van der Waals surface area contributed by atoms with Gasteiger partial charge in [0.25, 0.3) is 11.7 Å². The lowest BCUT2D eigenvalue weighted by Gasteiger charge is -2.25. The number of nitrogens with zero attached hydrogens (tertiary/aromatic N) is 3. The third-order valence-corrected chi connectivity index (χ3v) is 6.79. The first-order valence-corrected chi connectivity index (χ1v) is 12.1. The van der Waals surface area contributed by atoms with Gasteiger partial charge in [0.1, 0.15) is 17.6 Å². The summed E-state index contributed by atoms with van der Waals surface area (Å²) in [5.74, 6) is -0.590. The molecule has 0 spiro atoms. The van der Waals surface area contributed by atoms with E-state index >= 15 is 0 Å². The Kier molecular flexibility index (Phi) is 6.16. The summed E-state index contributed by atoms with van der Waals surface area (Å²) in [5, 5.41) is 11.4. The molecule has 0 aliphatic carbocycles. The number of likely N-dealkylation sites (tertiary alicyclic amines) is 1. The fraction of sp³-hybridized carbons (Fsp3) is 0.321. The molecule has 0 unspecified atom stereocenters. The zero-order valence-corrected chi connectivity index (χ0v) is 20.0. The fourth-order valence-electron chi connectivity index (χ4n) is 4.96. The van der Waals surface area contributed by atoms with Crippen molar-refractivity contribution in [1.82, 2.24) is 14.5 Å². The summed E-state index contributed by atoms with van der Waals surface area (Å²) in [6.45, 7) is 5.13. The molecule has 180 valence electrons. The van der Waals surface area contributed by atoms with Gasteiger partial charge >= 0.3 is 0 Å². The van der Waals surface area contributed by atoms with E-state index in [9.17, 15) is 14.7 Å². The van der Waals surface area contributed by atoms with E-state index in [1.165, 1.54) is 5.56 Å². The number of aryl methyl sites for hydroxylation is 2. The maximum atomic E-state index is 13.3. The third kappa shape index (κ3) is 4.34. The molecule has 7 heteroatoms. The zero-order chi connectivity index (χ0) is 24.5. The third-order valence-electron chi connectivity index (χ3n) is 6.79. The molecule has 5 rings (SSSR count). The summed E-state index contributed by atoms with van der Waals surface area (Å²) >= 11 is 0. The first-order chi connectivity index (χ1) is 17.0. The predicted molar refractivity (Wildman–Crippen MR) is 132 cm³/mol. The molecule has 2 atom stereocenters. The Morgan fingerprint density at radius 3 is 2.66 bits per heavy atom. The van der Waals surface area contributed by atoms with Crippen molar-refractivity contribution in [3.05, 3.63) is 89.0 Å². The average molecular weight is 472 g/mol. The van der Waals surface area contributed by atoms with Crippen molar-refractivity contribution in [3.63, 3.8) is 0 Å². The second kappa shape index (κ2) is 9.41. The number of rotatable bonds is 7. The Morgan fingerprint density at radius 2 is 1.94 bits per heavy atom. The molecule has 2 aromatic carbocycles. The fourth-order valence-corrected chi connectivity index (χ4v) is 4.96. The van der Waals surface area contributed by atoms with Crippen LogP contribution < -0.4 is 4.74 Å². The second-order valence-corrected chi connectivity index (χ2v) is 9.20. The number of ketones is 1. The maximum Gasteiger partial charge on any atom is 0.295 e. The van der Waals surface area contributed by atoms with Gasteiger partial charge in [-0.2, -0.15) is 0 Å². The van der Waals surface area contributed by atoms with Crippen LogP contribution in [0, 0.1) is 0 Å². The molecule has 0 radical (unpaired) electrons. The molecule has 1 fully saturated rings. The number of fused-ring (bicyclic) bond motifs is 1. The van der Waals surface area contributed by atoms with Crippen LogP contribution in [0.4, 0.5) is 0 Å². The summed E-state index contributed by atoms with van der Waals surface area (Å²) in [5.41, 5.74) is 3.61. The predicted octanol–water partition coefficient (Wildman–Crippen LogP) is 4.28. The summed E-state index contributed by atoms with van der Waals surface area (Å²) in [6.07, 6.45) is 7.66. The van der Waals surface area contributed by atoms with Crippen molar-refractivity contribution < 1.29 is 19.4 Å². The molecular weight excluding hydrogens is 442 g/mol. The molecule has 3 heterocycles. The van der Waals surface area contributed by atoms with Crippen molar-refractivity contribution in [2.45, 2.75) is 51.8 Å². The minimum Gasteiger partial charge on any atom is -0.507 e. The van der Waals surface area contributed by atoms with Crippen LogP contribution in [0.1, 0.15) is 48.6 Å². The lowest BCUT2D eigenvalue weighted by Crippen LogP contribution is -2.31. The molecule has 1 aromatic heterocycles. The normalized spacial score (nSPS) is 20.8. The highest BCUT2D eigenvalue weighted by atomic mass is 16.5. The van der Waals surface area contributed by atoms with Gasteiger partial charge in [0.2, 0.25) is 0 Å². The van der Waals surface area contributed by atoms with E-state index in [0.29, 0.717) is 25.1 Å². The van der Waals surface area contributed by atoms with Gasteiger partial charge in [-0.15, -0.1) is 0 Å². The molecule has 7 nitrogen and oxygen atoms in total. The summed E-state index contributed by atoms with van der Waals surface area (Å²) < 4.78 is 7.72. The van der Waals surface area contributed by atoms with E-state index in [2.05, 4.69) is 11.9 Å². The van der Waals surface area contributed by atoms with E-state index < -0.39 is 17.7 Å². The number of amides is 1. The average Bonchev–Trinajstić information content (AvgIpc) is 3.57. The van der Waals surface area contributed by atoms with E-state index in [1.807, 2.05) is 54.1 Å². The van der Waals surface area contributed by atoms with E-state index in [-0.39, 0.29) is 17.4 Å². The number of ether oxygens (including phenoxy) is 1. The van der Waals surface area contributed by atoms with Gasteiger partial charge < -0.3 is 19.3 Å². The van der Waals surface area contributed by atoms with E-state index in [1.54, 1.807) is 23.5 Å². The Morgan fingerprint density at radius 1 is 1.14 bits per heavy atom. The molecule has 1 amide bonds. The monoisotopic (exact) mass is 471 g/mol. The number of aliphatic hydroxyl groups is 1. The topological polar surface area (TPSA) is 84.7 Å². The highest BCUT2D eigenvalue weighted by molar-refractivity contribution is 6.46. The molecule has 1 saturated heterocycles. The van der Waals surface area contributed by atoms with Gasteiger partial charge in [-0.05, 0) is 54.7 Å². The molecule has 1 N–H and O–H groups in total. The standard InChI is InChI=1S/C28H29N3O4/c1-3-19-5-7-20(8-6-19)25-24(26(32)21-9-10-23-22(16-21)15-18(2)35-23)27(33)28(34)31(25)13-4-12-30-14-11-29-17-30/h5-11,14,16-18,25,32H,3-4,12-13,15H2,1-2H3/b26-24+/t18-,25+/m0/s1. The van der Waals surface area contributed by atoms with Crippen LogP contribution in [-0.2, 0) is 29.0 Å². The second-order valence-electron chi connectivity index (χ2n) is 9.20. The van der Waals surface area contributed by atoms with Crippen LogP contribution in [0.2, 0.25) is 0 Å². The zero-order valence-electron chi connectivity index (χ0n) is 20.0. The number of hydrogen-bond acceptors (Lipinski definition) is 5. The first kappa shape index (κ1) is 22.9. The van der Waals surface area contributed by atoms with Crippen LogP contribution in [0.15, 0.2) is 66.8 Å². The number of hydrogen-bond donors (Lipinski definition) is 1. The highest BCUT2D eigenvalue weighted by Crippen LogP contribution is 2.40. The van der Waals surface area contributed by atoms with E-state index in [4.69, 9.17) is 4.74 Å². The van der Waals surface area contributed by atoms with Crippen molar-refractivity contribution in [2.75, 3.05) is 6.54 Å². The minimum absolute atomic E-state index is 0.0700. The van der Waals surface area contributed by atoms with Crippen LogP contribution in [0.25, 0.3) is 5.76 Å². The molecule has 3 aromatic rings. The Bertz CT molecular complexity index is 1280. The van der Waals surface area contributed by atoms with Crippen LogP contribution in [-0.4, -0.2) is 43.9 Å². The van der Waals surface area contributed by atoms with Crippen molar-refractivity contribution in [3.8, 4) is 5.75 Å². The van der Waals surface area contributed by atoms with Gasteiger partial charge in [0.05, 0.1) is 17.9 Å². The number of imidazole rings is 1. The quantitative estimate of drug-likeness (QED) is 0.316. The van der Waals surface area contributed by atoms with Gasteiger partial charge in [0.15, 0.2) is 0 Å². The SMILES string of the molecule is CCc1ccc([C@@H]2/C(=C(\O)c3ccc4c(c3)C[C@H](C)O4)C(=O)C(=O)N2CCCn2ccnc2)cc1. The Hall–Kier alpha value is -3.87. The van der Waals surface area contributed by atoms with Gasteiger partial charge in [-0.3, -0.25) is 9.59 Å². The molecule has 35 heavy (non-hydrogen) atoms. The van der Waals surface area contributed by atoms with Crippen molar-refractivity contribution >= 4 is 17.4 Å². The summed E-state index contributed by atoms with van der Waals surface area (Å²) in [7, 11) is 0. The number of aliphatic hydroxyl groups excluding tert-OH is 1. The summed E-state index contributed by atoms with van der Waals surface area (Å²) in [6, 6.07) is 12.7. The Labute approximate surface area is 204 Å². The summed E-state index contributed by atoms with van der Waals surface area (Å²) in [4.78, 5) is 32.1. The number of carbonyl (C=O) groups is 2. The molecule has 0 bridgehead atoms. The largest absolute Gasteiger partial charge is 0.507 e. The van der Waals surface area contributed by atoms with Crippen molar-refractivity contribution in [2.24, 2.45) is 0 Å². The van der Waals surface area contributed by atoms with Gasteiger partial charge in [-0.1, -0.05) is 31.2 Å². The van der Waals surface area contributed by atoms with E-state index in [0.717, 1.165) is 29.7 Å². The van der Waals surface area contributed by atoms with Crippen LogP contribution in [0.3, 0.4) is 0 Å². The smallest absolute Gasteiger partial charge is 0.295 e. The van der Waals surface area contributed by atoms with Crippen molar-refractivity contribution in [1.29, 1.82) is 0 Å². The minimum atomic E-state index is -0.653. The molecule has 0 saturated carbocycles. The molecule has 2 aliphatic rings. The first-order valence-electron chi connectivity index (χ1n) is 12.1. The highest BCUT2D eigenvalue weighted by Gasteiger charge is 2.45. The number of aromatic nitrogens is 2. The van der Waals surface area contributed by atoms with Gasteiger partial charge in [0, 0.05) is 37.5 Å². The molecular formula is C28H29N3O4. The van der Waals surface area contributed by atoms with Crippen LogP contribution in [0.5, 0.6) is 5.75 Å². The maximum absolute atomic E-state index is 13.3. The number of benzene rings is 2. The Balaban J connectivity index is 1.53. The van der Waals surface area contributed by atoms with Gasteiger partial charge in [-0.25, -0.2) is 4.98 Å². The number of carbonyl (C=O) groups excluding carboxylic acids is 2.